The first-order chi connectivity index (χ1) is 15.4. The molecule has 1 aromatic heterocycles. The van der Waals surface area contributed by atoms with Crippen molar-refractivity contribution in [1.82, 2.24) is 14.8 Å². The molecule has 3 heterocycles. The van der Waals surface area contributed by atoms with Gasteiger partial charge in [-0.15, -0.1) is 11.3 Å². The lowest BCUT2D eigenvalue weighted by Crippen LogP contribution is -2.50. The first kappa shape index (κ1) is 25.1. The van der Waals surface area contributed by atoms with Crippen molar-refractivity contribution < 1.29 is 32.6 Å². The summed E-state index contributed by atoms with van der Waals surface area (Å²) in [6.45, 7) is 9.95. The number of likely N-dealkylation sites (tertiary alicyclic amines) is 1. The second kappa shape index (κ2) is 10.2. The molecule has 11 heteroatoms. The Hall–Kier alpha value is -2.50. The maximum Gasteiger partial charge on any atom is 0.490 e. The number of aryl methyl sites for hydroxylation is 3. The van der Waals surface area contributed by atoms with Crippen LogP contribution in [0.1, 0.15) is 32.2 Å². The minimum absolute atomic E-state index is 0.0957. The van der Waals surface area contributed by atoms with Crippen LogP contribution in [0, 0.1) is 20.8 Å². The number of nitrogens with zero attached hydrogens (tertiary/aromatic N) is 3. The lowest BCUT2D eigenvalue weighted by atomic mass is 10.1. The van der Waals surface area contributed by atoms with E-state index in [1.807, 2.05) is 37.8 Å². The van der Waals surface area contributed by atoms with Crippen LogP contribution in [-0.2, 0) is 16.1 Å². The minimum Gasteiger partial charge on any atom is -0.475 e. The molecule has 180 valence electrons. The van der Waals surface area contributed by atoms with E-state index in [-0.39, 0.29) is 18.1 Å². The monoisotopic (exact) mass is 485 g/mol. The number of carbonyl (C=O) groups is 2. The SMILES string of the molecule is Cc1cc(C)cc(C(=O)N2C[C@@H]3OCCN(Cc4csc(C)n4)[C@@H]3C2)c1.O=C(O)C(F)(F)F. The van der Waals surface area contributed by atoms with Crippen LogP contribution in [0.25, 0.3) is 0 Å². The second-order valence-electron chi connectivity index (χ2n) is 8.19. The molecule has 2 atom stereocenters. The van der Waals surface area contributed by atoms with Crippen LogP contribution in [0.4, 0.5) is 13.2 Å². The zero-order valence-corrected chi connectivity index (χ0v) is 19.4. The number of amides is 1. The lowest BCUT2D eigenvalue weighted by Gasteiger charge is -2.36. The third kappa shape index (κ3) is 6.52. The maximum atomic E-state index is 13.0. The molecule has 0 saturated carbocycles. The number of aromatic nitrogens is 1. The van der Waals surface area contributed by atoms with Gasteiger partial charge in [0.25, 0.3) is 5.91 Å². The van der Waals surface area contributed by atoms with Crippen LogP contribution in [0.2, 0.25) is 0 Å². The van der Waals surface area contributed by atoms with E-state index in [1.165, 1.54) is 0 Å². The highest BCUT2D eigenvalue weighted by Crippen LogP contribution is 2.26. The number of hydrogen-bond acceptors (Lipinski definition) is 6. The van der Waals surface area contributed by atoms with Crippen molar-refractivity contribution in [1.29, 1.82) is 0 Å². The summed E-state index contributed by atoms with van der Waals surface area (Å²) >= 11 is 1.69. The fourth-order valence-corrected chi connectivity index (χ4v) is 4.69. The Labute approximate surface area is 193 Å². The van der Waals surface area contributed by atoms with E-state index in [4.69, 9.17) is 14.6 Å². The summed E-state index contributed by atoms with van der Waals surface area (Å²) < 4.78 is 37.7. The first-order valence-corrected chi connectivity index (χ1v) is 11.3. The number of hydrogen-bond donors (Lipinski definition) is 1. The summed E-state index contributed by atoms with van der Waals surface area (Å²) in [6, 6.07) is 6.31. The molecule has 1 aromatic carbocycles. The summed E-state index contributed by atoms with van der Waals surface area (Å²) in [7, 11) is 0. The van der Waals surface area contributed by atoms with Gasteiger partial charge in [0, 0.05) is 37.1 Å². The van der Waals surface area contributed by atoms with E-state index in [0.717, 1.165) is 53.6 Å². The smallest absolute Gasteiger partial charge is 0.475 e. The topological polar surface area (TPSA) is 83.0 Å². The van der Waals surface area contributed by atoms with Crippen molar-refractivity contribution in [3.63, 3.8) is 0 Å². The molecule has 2 fully saturated rings. The van der Waals surface area contributed by atoms with E-state index in [2.05, 4.69) is 21.3 Å². The van der Waals surface area contributed by atoms with E-state index >= 15 is 0 Å². The number of thiazole rings is 1. The number of ether oxygens (including phenoxy) is 1. The molecule has 1 amide bonds. The molecule has 0 radical (unpaired) electrons. The van der Waals surface area contributed by atoms with Gasteiger partial charge in [0.2, 0.25) is 0 Å². The van der Waals surface area contributed by atoms with Gasteiger partial charge in [-0.3, -0.25) is 9.69 Å². The van der Waals surface area contributed by atoms with E-state index in [9.17, 15) is 18.0 Å². The van der Waals surface area contributed by atoms with Crippen LogP contribution in [0.3, 0.4) is 0 Å². The molecule has 0 spiro atoms. The number of morpholine rings is 1. The third-order valence-electron chi connectivity index (χ3n) is 5.45. The van der Waals surface area contributed by atoms with Gasteiger partial charge in [0.15, 0.2) is 0 Å². The Bertz CT molecular complexity index is 991. The van der Waals surface area contributed by atoms with Crippen LogP contribution in [-0.4, -0.2) is 76.3 Å². The Morgan fingerprint density at radius 1 is 1.18 bits per heavy atom. The zero-order chi connectivity index (χ0) is 24.3. The molecule has 0 bridgehead atoms. The number of carbonyl (C=O) groups excluding carboxylic acids is 1. The highest BCUT2D eigenvalue weighted by Gasteiger charge is 2.42. The van der Waals surface area contributed by atoms with Crippen molar-refractivity contribution >= 4 is 23.2 Å². The maximum absolute atomic E-state index is 13.0. The molecule has 4 rings (SSSR count). The number of benzene rings is 1. The summed E-state index contributed by atoms with van der Waals surface area (Å²) in [4.78, 5) is 30.9. The normalized spacial score (nSPS) is 20.7. The molecular weight excluding hydrogens is 459 g/mol. The molecule has 2 aliphatic rings. The van der Waals surface area contributed by atoms with Crippen LogP contribution < -0.4 is 0 Å². The highest BCUT2D eigenvalue weighted by molar-refractivity contribution is 7.09. The quantitative estimate of drug-likeness (QED) is 0.718. The van der Waals surface area contributed by atoms with Crippen LogP contribution in [0.15, 0.2) is 23.6 Å². The fraction of sp³-hybridized carbons (Fsp3) is 0.500. The average Bonchev–Trinajstić information content (AvgIpc) is 3.33. The number of aliphatic carboxylic acids is 1. The van der Waals surface area contributed by atoms with Gasteiger partial charge in [-0.25, -0.2) is 9.78 Å². The van der Waals surface area contributed by atoms with Crippen LogP contribution >= 0.6 is 11.3 Å². The predicted octanol–water partition coefficient (Wildman–Crippen LogP) is 3.43. The molecule has 0 unspecified atom stereocenters. The molecular formula is C22H26F3N3O4S. The average molecular weight is 486 g/mol. The summed E-state index contributed by atoms with van der Waals surface area (Å²) in [5.41, 5.74) is 4.15. The largest absolute Gasteiger partial charge is 0.490 e. The number of carboxylic acids is 1. The Morgan fingerprint density at radius 3 is 2.36 bits per heavy atom. The molecule has 7 nitrogen and oxygen atoms in total. The van der Waals surface area contributed by atoms with Gasteiger partial charge >= 0.3 is 12.1 Å². The Morgan fingerprint density at radius 2 is 1.82 bits per heavy atom. The Kier molecular flexibility index (Phi) is 7.76. The van der Waals surface area contributed by atoms with Gasteiger partial charge in [0.1, 0.15) is 0 Å². The number of rotatable bonds is 3. The number of halogens is 3. The van der Waals surface area contributed by atoms with Gasteiger partial charge in [-0.2, -0.15) is 13.2 Å². The summed E-state index contributed by atoms with van der Waals surface area (Å²) in [5.74, 6) is -2.65. The first-order valence-electron chi connectivity index (χ1n) is 10.4. The second-order valence-corrected chi connectivity index (χ2v) is 9.26. The molecule has 1 N–H and O–H groups in total. The van der Waals surface area contributed by atoms with Crippen LogP contribution in [0.5, 0.6) is 0 Å². The predicted molar refractivity (Wildman–Crippen MR) is 116 cm³/mol. The van der Waals surface area contributed by atoms with Gasteiger partial charge < -0.3 is 14.7 Å². The summed E-state index contributed by atoms with van der Waals surface area (Å²) in [5, 5.41) is 10.4. The van der Waals surface area contributed by atoms with E-state index in [1.54, 1.807) is 11.3 Å². The van der Waals surface area contributed by atoms with Crippen molar-refractivity contribution in [3.8, 4) is 0 Å². The molecule has 33 heavy (non-hydrogen) atoms. The van der Waals surface area contributed by atoms with Gasteiger partial charge in [0.05, 0.1) is 29.5 Å². The minimum atomic E-state index is -5.08. The fourth-order valence-electron chi connectivity index (χ4n) is 4.09. The number of fused-ring (bicyclic) bond motifs is 1. The standard InChI is InChI=1S/C20H25N3O2S.C2HF3O2/c1-13-6-14(2)8-16(7-13)20(24)23-10-18-19(11-23)25-5-4-22(18)9-17-12-26-15(3)21-17;3-2(4,5)1(6)7/h6-8,12,18-19H,4-5,9-11H2,1-3H3;(H,6,7)/t18-,19+;/m1./s1. The third-order valence-corrected chi connectivity index (χ3v) is 6.27. The van der Waals surface area contributed by atoms with Crippen molar-refractivity contribution in [2.45, 2.75) is 45.6 Å². The van der Waals surface area contributed by atoms with Crippen molar-refractivity contribution in [2.24, 2.45) is 0 Å². The van der Waals surface area contributed by atoms with Crippen molar-refractivity contribution in [3.05, 3.63) is 51.0 Å². The van der Waals surface area contributed by atoms with E-state index < -0.39 is 12.1 Å². The molecule has 2 aliphatic heterocycles. The number of carboxylic acid groups (broad SMARTS) is 1. The Balaban J connectivity index is 0.000000383. The molecule has 2 aromatic rings. The molecule has 0 aliphatic carbocycles. The summed E-state index contributed by atoms with van der Waals surface area (Å²) in [6.07, 6.45) is -4.99. The number of alkyl halides is 3. The highest BCUT2D eigenvalue weighted by atomic mass is 32.1. The lowest BCUT2D eigenvalue weighted by molar-refractivity contribution is -0.192. The van der Waals surface area contributed by atoms with Crippen molar-refractivity contribution in [2.75, 3.05) is 26.2 Å². The van der Waals surface area contributed by atoms with E-state index in [0.29, 0.717) is 6.54 Å². The van der Waals surface area contributed by atoms with Gasteiger partial charge in [-0.05, 0) is 32.9 Å². The van der Waals surface area contributed by atoms with Gasteiger partial charge in [-0.1, -0.05) is 17.2 Å². The zero-order valence-electron chi connectivity index (χ0n) is 18.6. The molecule has 2 saturated heterocycles.